The first-order valence-electron chi connectivity index (χ1n) is 12.8. The van der Waals surface area contributed by atoms with Crippen LogP contribution in [0.1, 0.15) is 73.1 Å². The lowest BCUT2D eigenvalue weighted by Gasteiger charge is -2.29. The summed E-state index contributed by atoms with van der Waals surface area (Å²) in [6.07, 6.45) is -0.0267. The maximum Gasteiger partial charge on any atom is 0.422 e. The van der Waals surface area contributed by atoms with Crippen LogP contribution in [0.25, 0.3) is 17.0 Å². The summed E-state index contributed by atoms with van der Waals surface area (Å²) < 4.78 is 124. The number of benzene rings is 3. The summed E-state index contributed by atoms with van der Waals surface area (Å²) in [6.45, 7) is 1.77. The molecule has 0 atom stereocenters. The number of allylic oxidation sites excluding steroid dienone is 3. The maximum absolute atomic E-state index is 14.9. The molecule has 0 saturated heterocycles. The molecule has 0 N–H and O–H groups in total. The van der Waals surface area contributed by atoms with E-state index in [0.717, 1.165) is 12.1 Å². The molecule has 1 saturated carbocycles. The van der Waals surface area contributed by atoms with Crippen molar-refractivity contribution in [3.63, 3.8) is 0 Å². The van der Waals surface area contributed by atoms with Gasteiger partial charge < -0.3 is 0 Å². The van der Waals surface area contributed by atoms with Gasteiger partial charge >= 0.3 is 6.18 Å². The highest BCUT2D eigenvalue weighted by molar-refractivity contribution is 5.66. The van der Waals surface area contributed by atoms with E-state index >= 15 is 0 Å². The van der Waals surface area contributed by atoms with Gasteiger partial charge in [0.2, 0.25) is 0 Å². The van der Waals surface area contributed by atoms with Crippen molar-refractivity contribution < 1.29 is 39.5 Å². The Kier molecular flexibility index (Phi) is 8.80. The molecule has 0 aliphatic heterocycles. The summed E-state index contributed by atoms with van der Waals surface area (Å²) in [4.78, 5) is 0. The maximum atomic E-state index is 14.9. The minimum atomic E-state index is -5.23. The first kappa shape index (κ1) is 29.5. The van der Waals surface area contributed by atoms with Gasteiger partial charge in [-0.25, -0.2) is 26.3 Å². The van der Waals surface area contributed by atoms with Gasteiger partial charge in [-0.05, 0) is 91.0 Å². The van der Waals surface area contributed by atoms with Gasteiger partial charge in [0.1, 0.15) is 28.8 Å². The lowest BCUT2D eigenvalue weighted by atomic mass is 9.75. The van der Waals surface area contributed by atoms with Crippen LogP contribution in [-0.2, 0) is 6.18 Å². The molecular formula is C31H25F9. The molecule has 0 nitrogen and oxygen atoms in total. The zero-order valence-electron chi connectivity index (χ0n) is 21.4. The average Bonchev–Trinajstić information content (AvgIpc) is 2.90. The lowest BCUT2D eigenvalue weighted by Crippen LogP contribution is -2.13. The highest BCUT2D eigenvalue weighted by atomic mass is 19.4. The largest absolute Gasteiger partial charge is 0.422 e. The molecule has 1 aliphatic rings. The fourth-order valence-corrected chi connectivity index (χ4v) is 5.18. The monoisotopic (exact) mass is 568 g/mol. The van der Waals surface area contributed by atoms with Crippen molar-refractivity contribution in [3.8, 4) is 11.1 Å². The zero-order chi connectivity index (χ0) is 29.2. The Bertz CT molecular complexity index is 1420. The predicted octanol–water partition coefficient (Wildman–Crippen LogP) is 10.9. The van der Waals surface area contributed by atoms with Gasteiger partial charge in [0, 0.05) is 11.1 Å². The van der Waals surface area contributed by atoms with Crippen LogP contribution in [0.15, 0.2) is 66.5 Å². The Labute approximate surface area is 225 Å². The third-order valence-corrected chi connectivity index (χ3v) is 7.23. The summed E-state index contributed by atoms with van der Waals surface area (Å²) in [5.41, 5.74) is -1.85. The van der Waals surface area contributed by atoms with Gasteiger partial charge in [-0.3, -0.25) is 0 Å². The number of rotatable bonds is 6. The molecule has 0 spiro atoms. The summed E-state index contributed by atoms with van der Waals surface area (Å²) >= 11 is 0. The Morgan fingerprint density at radius 2 is 1.40 bits per heavy atom. The Morgan fingerprint density at radius 3 is 1.95 bits per heavy atom. The molecule has 9 heteroatoms. The van der Waals surface area contributed by atoms with Crippen molar-refractivity contribution in [3.05, 3.63) is 112 Å². The van der Waals surface area contributed by atoms with Crippen molar-refractivity contribution in [2.45, 2.75) is 57.0 Å². The molecule has 0 unspecified atom stereocenters. The number of halogens is 9. The molecule has 4 rings (SSSR count). The lowest BCUT2D eigenvalue weighted by molar-refractivity contribution is -0.142. The van der Waals surface area contributed by atoms with Crippen molar-refractivity contribution in [1.29, 1.82) is 0 Å². The molecule has 0 amide bonds. The van der Waals surface area contributed by atoms with E-state index in [1.807, 2.05) is 0 Å². The summed E-state index contributed by atoms with van der Waals surface area (Å²) in [7, 11) is 0. The van der Waals surface area contributed by atoms with Crippen LogP contribution in [0.2, 0.25) is 0 Å². The second-order valence-corrected chi connectivity index (χ2v) is 9.81. The number of hydrogen-bond acceptors (Lipinski definition) is 0. The normalized spacial score (nSPS) is 18.8. The van der Waals surface area contributed by atoms with E-state index in [1.54, 1.807) is 13.0 Å². The van der Waals surface area contributed by atoms with Gasteiger partial charge in [0.05, 0.1) is 0 Å². The summed E-state index contributed by atoms with van der Waals surface area (Å²) in [6, 6.07) is 8.68. The molecule has 0 radical (unpaired) electrons. The molecule has 3 aromatic carbocycles. The third kappa shape index (κ3) is 6.29. The highest BCUT2D eigenvalue weighted by Gasteiger charge is 2.38. The topological polar surface area (TPSA) is 0 Å². The first-order valence-corrected chi connectivity index (χ1v) is 12.8. The molecular weight excluding hydrogens is 543 g/mol. The summed E-state index contributed by atoms with van der Waals surface area (Å²) in [5, 5.41) is 0. The van der Waals surface area contributed by atoms with E-state index in [0.29, 0.717) is 55.4 Å². The van der Waals surface area contributed by atoms with Crippen LogP contribution < -0.4 is 0 Å². The quantitative estimate of drug-likeness (QED) is 0.205. The fraction of sp³-hybridized carbons (Fsp3) is 0.290. The van der Waals surface area contributed by atoms with E-state index in [2.05, 4.69) is 0 Å². The van der Waals surface area contributed by atoms with Gasteiger partial charge in [-0.2, -0.15) is 13.2 Å². The number of alkyl halides is 3. The van der Waals surface area contributed by atoms with Gasteiger partial charge in [-0.15, -0.1) is 0 Å². The van der Waals surface area contributed by atoms with Crippen LogP contribution in [-0.4, -0.2) is 0 Å². The van der Waals surface area contributed by atoms with Crippen LogP contribution in [0, 0.1) is 23.3 Å². The average molecular weight is 569 g/mol. The first-order chi connectivity index (χ1) is 18.9. The van der Waals surface area contributed by atoms with Gasteiger partial charge in [0.25, 0.3) is 0 Å². The molecule has 0 heterocycles. The van der Waals surface area contributed by atoms with Crippen LogP contribution in [0.3, 0.4) is 0 Å². The van der Waals surface area contributed by atoms with Crippen molar-refractivity contribution in [2.24, 2.45) is 0 Å². The smallest absolute Gasteiger partial charge is 0.207 e. The van der Waals surface area contributed by atoms with Crippen molar-refractivity contribution in [2.75, 3.05) is 0 Å². The molecule has 1 aliphatic carbocycles. The van der Waals surface area contributed by atoms with E-state index in [4.69, 9.17) is 0 Å². The summed E-state index contributed by atoms with van der Waals surface area (Å²) in [5.74, 6) is -7.64. The molecule has 3 aromatic rings. The SMILES string of the molecule is CC/C=C/C(F)=C(\F)c1ccc(C2CCC(c3ccc(-c4cc(F)c(C(F)(F)F)c(F)c4)c(F)c3)CC2)c(F)c1. The standard InChI is InChI=1S/C31H25F9/c1-2-3-4-24(32)30(37)20-10-12-22(26(34)14-20)18-7-5-17(6-8-18)19-9-11-23(25(33)13-19)21-15-27(35)29(28(36)16-21)31(38,39)40/h3-4,9-18H,2,5-8H2,1H3/b4-3+,30-24+. The number of hydrogen-bond donors (Lipinski definition) is 0. The van der Waals surface area contributed by atoms with E-state index in [1.165, 1.54) is 30.3 Å². The third-order valence-electron chi connectivity index (χ3n) is 7.23. The minimum absolute atomic E-state index is 0.0944. The second kappa shape index (κ2) is 11.9. The van der Waals surface area contributed by atoms with Gasteiger partial charge in [0.15, 0.2) is 11.7 Å². The van der Waals surface area contributed by atoms with Crippen LogP contribution in [0.4, 0.5) is 39.5 Å². The van der Waals surface area contributed by atoms with Crippen molar-refractivity contribution >= 4 is 5.83 Å². The Hall–Kier alpha value is -3.49. The Morgan fingerprint density at radius 1 is 0.775 bits per heavy atom. The van der Waals surface area contributed by atoms with Crippen LogP contribution in [0.5, 0.6) is 0 Å². The van der Waals surface area contributed by atoms with E-state index in [9.17, 15) is 39.5 Å². The Balaban J connectivity index is 1.47. The van der Waals surface area contributed by atoms with Gasteiger partial charge in [-0.1, -0.05) is 37.3 Å². The second-order valence-electron chi connectivity index (χ2n) is 9.81. The molecule has 0 aromatic heterocycles. The predicted molar refractivity (Wildman–Crippen MR) is 136 cm³/mol. The van der Waals surface area contributed by atoms with E-state index in [-0.39, 0.29) is 28.5 Å². The minimum Gasteiger partial charge on any atom is -0.207 e. The van der Waals surface area contributed by atoms with Crippen LogP contribution >= 0.6 is 0 Å². The molecule has 0 bridgehead atoms. The van der Waals surface area contributed by atoms with E-state index < -0.39 is 46.7 Å². The van der Waals surface area contributed by atoms with Crippen molar-refractivity contribution in [1.82, 2.24) is 0 Å². The molecule has 212 valence electrons. The molecule has 40 heavy (non-hydrogen) atoms. The zero-order valence-corrected chi connectivity index (χ0v) is 21.4. The highest BCUT2D eigenvalue weighted by Crippen LogP contribution is 2.43. The molecule has 1 fully saturated rings. The fourth-order valence-electron chi connectivity index (χ4n) is 5.18.